The van der Waals surface area contributed by atoms with Crippen LogP contribution < -0.4 is 9.47 Å². The number of hydrogen-bond donors (Lipinski definition) is 0. The quantitative estimate of drug-likeness (QED) is 0.332. The van der Waals surface area contributed by atoms with Gasteiger partial charge in [-0.15, -0.1) is 0 Å². The molecular formula is C30H29N5O5. The molecule has 40 heavy (non-hydrogen) atoms. The molecule has 0 aliphatic carbocycles. The molecule has 0 N–H and O–H groups in total. The number of furan rings is 1. The van der Waals surface area contributed by atoms with Crippen molar-refractivity contribution in [1.82, 2.24) is 19.9 Å². The van der Waals surface area contributed by atoms with Crippen LogP contribution in [0.15, 0.2) is 47.1 Å². The first-order valence-electron chi connectivity index (χ1n) is 13.5. The normalized spacial score (nSPS) is 16.1. The highest BCUT2D eigenvalue weighted by Crippen LogP contribution is 2.37. The molecule has 204 valence electrons. The van der Waals surface area contributed by atoms with Gasteiger partial charge in [0, 0.05) is 56.0 Å². The summed E-state index contributed by atoms with van der Waals surface area (Å²) < 4.78 is 23.4. The summed E-state index contributed by atoms with van der Waals surface area (Å²) in [5.74, 6) is 1.34. The van der Waals surface area contributed by atoms with Gasteiger partial charge in [-0.1, -0.05) is 0 Å². The summed E-state index contributed by atoms with van der Waals surface area (Å²) >= 11 is 0. The van der Waals surface area contributed by atoms with Crippen LogP contribution in [-0.2, 0) is 4.74 Å². The third-order valence-corrected chi connectivity index (χ3v) is 7.33. The van der Waals surface area contributed by atoms with Crippen molar-refractivity contribution in [2.75, 3.05) is 33.4 Å². The van der Waals surface area contributed by atoms with Gasteiger partial charge in [-0.2, -0.15) is 5.26 Å². The van der Waals surface area contributed by atoms with Gasteiger partial charge in [0.05, 0.1) is 31.6 Å². The number of hydrogen-bond acceptors (Lipinski definition) is 9. The Hall–Kier alpha value is -4.49. The van der Waals surface area contributed by atoms with E-state index < -0.39 is 0 Å². The van der Waals surface area contributed by atoms with Crippen LogP contribution in [0.4, 0.5) is 0 Å². The highest BCUT2D eigenvalue weighted by Gasteiger charge is 2.23. The predicted molar refractivity (Wildman–Crippen MR) is 146 cm³/mol. The van der Waals surface area contributed by atoms with Crippen LogP contribution in [0.25, 0.3) is 33.7 Å². The molecule has 2 fully saturated rings. The van der Waals surface area contributed by atoms with Gasteiger partial charge in [0.2, 0.25) is 0 Å². The maximum Gasteiger partial charge on any atom is 0.272 e. The lowest BCUT2D eigenvalue weighted by molar-refractivity contribution is 0.0253. The fraction of sp³-hybridized carbons (Fsp3) is 0.367. The van der Waals surface area contributed by atoms with Crippen molar-refractivity contribution in [2.45, 2.75) is 38.2 Å². The third-order valence-electron chi connectivity index (χ3n) is 7.33. The van der Waals surface area contributed by atoms with Crippen LogP contribution in [0.1, 0.15) is 48.3 Å². The highest BCUT2D eigenvalue weighted by molar-refractivity contribution is 5.94. The van der Waals surface area contributed by atoms with E-state index in [9.17, 15) is 10.1 Å². The lowest BCUT2D eigenvalue weighted by atomic mass is 10.1. The first-order chi connectivity index (χ1) is 19.6. The second-order valence-corrected chi connectivity index (χ2v) is 9.89. The number of carbonyl (C=O) groups is 1. The molecule has 10 heteroatoms. The number of carbonyl (C=O) groups excluding carboxylic acids is 1. The molecule has 6 rings (SSSR count). The van der Waals surface area contributed by atoms with E-state index in [-0.39, 0.29) is 17.7 Å². The Labute approximate surface area is 231 Å². The van der Waals surface area contributed by atoms with E-state index >= 15 is 0 Å². The van der Waals surface area contributed by atoms with Gasteiger partial charge < -0.3 is 23.5 Å². The number of methoxy groups -OCH3 is 1. The molecule has 0 bridgehead atoms. The van der Waals surface area contributed by atoms with E-state index in [4.69, 9.17) is 18.6 Å². The van der Waals surface area contributed by atoms with Crippen molar-refractivity contribution in [1.29, 1.82) is 5.26 Å². The number of aromatic nitrogens is 3. The SMILES string of the molecule is COc1cc(C(=O)N2CCCCC2)ncc1-c1cc2nccc(-c3ccc(OC4CCOCC4)c(C#N)n3)c2o1. The summed E-state index contributed by atoms with van der Waals surface area (Å²) in [5.41, 5.74) is 3.54. The van der Waals surface area contributed by atoms with Gasteiger partial charge in [-0.05, 0) is 37.5 Å². The fourth-order valence-corrected chi connectivity index (χ4v) is 5.18. The molecule has 0 spiro atoms. The van der Waals surface area contributed by atoms with Gasteiger partial charge in [0.25, 0.3) is 5.91 Å². The van der Waals surface area contributed by atoms with Crippen LogP contribution in [0.3, 0.4) is 0 Å². The zero-order valence-electron chi connectivity index (χ0n) is 22.3. The van der Waals surface area contributed by atoms with Crippen molar-refractivity contribution in [2.24, 2.45) is 0 Å². The van der Waals surface area contributed by atoms with Crippen molar-refractivity contribution >= 4 is 17.0 Å². The molecular weight excluding hydrogens is 510 g/mol. The average molecular weight is 540 g/mol. The van der Waals surface area contributed by atoms with Gasteiger partial charge in [-0.25, -0.2) is 4.98 Å². The third kappa shape index (κ3) is 5.08. The lowest BCUT2D eigenvalue weighted by Gasteiger charge is -2.26. The summed E-state index contributed by atoms with van der Waals surface area (Å²) in [6, 6.07) is 11.0. The molecule has 0 atom stereocenters. The van der Waals surface area contributed by atoms with Crippen molar-refractivity contribution in [3.05, 3.63) is 54.1 Å². The number of pyridine rings is 3. The number of ether oxygens (including phenoxy) is 3. The number of fused-ring (bicyclic) bond motifs is 1. The molecule has 0 aromatic carbocycles. The zero-order chi connectivity index (χ0) is 27.5. The summed E-state index contributed by atoms with van der Waals surface area (Å²) in [4.78, 5) is 28.3. The Morgan fingerprint density at radius 1 is 1.05 bits per heavy atom. The second-order valence-electron chi connectivity index (χ2n) is 9.89. The molecule has 0 radical (unpaired) electrons. The summed E-state index contributed by atoms with van der Waals surface area (Å²) in [7, 11) is 1.55. The topological polar surface area (TPSA) is 124 Å². The second kappa shape index (κ2) is 11.3. The number of nitrogens with zero attached hydrogens (tertiary/aromatic N) is 5. The molecule has 0 unspecified atom stereocenters. The standard InChI is InChI=1S/C30H29N5O5/c1-37-27-16-24(30(36)35-11-3-2-4-12-35)33-18-21(27)28-15-23-29(40-28)20(7-10-32-23)22-5-6-26(25(17-31)34-22)39-19-8-13-38-14-9-19/h5-7,10,15-16,18-19H,2-4,8-9,11-14H2,1H3. The Bertz CT molecular complexity index is 1580. The number of nitriles is 1. The molecule has 2 saturated heterocycles. The number of rotatable bonds is 6. The maximum atomic E-state index is 13.0. The smallest absolute Gasteiger partial charge is 0.272 e. The molecule has 2 aliphatic heterocycles. The number of amides is 1. The van der Waals surface area contributed by atoms with E-state index in [0.717, 1.165) is 45.2 Å². The van der Waals surface area contributed by atoms with E-state index in [1.54, 1.807) is 43.8 Å². The average Bonchev–Trinajstić information content (AvgIpc) is 3.46. The minimum absolute atomic E-state index is 0.00103. The van der Waals surface area contributed by atoms with E-state index in [1.165, 1.54) is 0 Å². The van der Waals surface area contributed by atoms with E-state index in [2.05, 4.69) is 21.0 Å². The van der Waals surface area contributed by atoms with Crippen LogP contribution in [0, 0.1) is 11.3 Å². The molecule has 6 heterocycles. The van der Waals surface area contributed by atoms with Crippen LogP contribution in [-0.4, -0.2) is 65.3 Å². The van der Waals surface area contributed by atoms with Crippen molar-refractivity contribution in [3.63, 3.8) is 0 Å². The Morgan fingerprint density at radius 3 is 2.65 bits per heavy atom. The molecule has 10 nitrogen and oxygen atoms in total. The van der Waals surface area contributed by atoms with Crippen LogP contribution >= 0.6 is 0 Å². The minimum Gasteiger partial charge on any atom is -0.496 e. The first-order valence-corrected chi connectivity index (χ1v) is 13.5. The highest BCUT2D eigenvalue weighted by atomic mass is 16.5. The van der Waals surface area contributed by atoms with Crippen molar-refractivity contribution < 1.29 is 23.4 Å². The molecule has 4 aromatic rings. The van der Waals surface area contributed by atoms with Crippen LogP contribution in [0.5, 0.6) is 11.5 Å². The largest absolute Gasteiger partial charge is 0.496 e. The first kappa shape index (κ1) is 25.8. The predicted octanol–water partition coefficient (Wildman–Crippen LogP) is 5.02. The Balaban J connectivity index is 1.31. The number of likely N-dealkylation sites (tertiary alicyclic amines) is 1. The van der Waals surface area contributed by atoms with E-state index in [1.807, 2.05) is 11.0 Å². The summed E-state index contributed by atoms with van der Waals surface area (Å²) in [5, 5.41) is 9.79. The monoisotopic (exact) mass is 539 g/mol. The van der Waals surface area contributed by atoms with E-state index in [0.29, 0.717) is 64.1 Å². The maximum absolute atomic E-state index is 13.0. The molecule has 4 aromatic heterocycles. The molecule has 2 aliphatic rings. The fourth-order valence-electron chi connectivity index (χ4n) is 5.18. The van der Waals surface area contributed by atoms with Gasteiger partial charge >= 0.3 is 0 Å². The molecule has 0 saturated carbocycles. The Morgan fingerprint density at radius 2 is 1.88 bits per heavy atom. The van der Waals surface area contributed by atoms with Crippen LogP contribution in [0.2, 0.25) is 0 Å². The number of piperidine rings is 1. The Kier molecular flexibility index (Phi) is 7.29. The summed E-state index contributed by atoms with van der Waals surface area (Å²) in [6.45, 7) is 2.77. The van der Waals surface area contributed by atoms with Crippen molar-refractivity contribution in [3.8, 4) is 40.1 Å². The molecule has 1 amide bonds. The lowest BCUT2D eigenvalue weighted by Crippen LogP contribution is -2.36. The zero-order valence-corrected chi connectivity index (χ0v) is 22.3. The van der Waals surface area contributed by atoms with Gasteiger partial charge in [0.15, 0.2) is 17.0 Å². The minimum atomic E-state index is -0.0956. The van der Waals surface area contributed by atoms with Gasteiger partial charge in [0.1, 0.15) is 34.9 Å². The summed E-state index contributed by atoms with van der Waals surface area (Å²) in [6.07, 6.45) is 7.98. The van der Waals surface area contributed by atoms with Gasteiger partial charge in [-0.3, -0.25) is 14.8 Å².